The molecule has 1 aliphatic heterocycles. The number of rotatable bonds is 4. The molecular formula is C15H26N2O4. The SMILES string of the molecule is COC1CCCN(C(=O)NC(C(=O)O)C2CCCCC2)C1. The average Bonchev–Trinajstić information content (AvgIpc) is 2.53. The maximum Gasteiger partial charge on any atom is 0.326 e. The lowest BCUT2D eigenvalue weighted by Crippen LogP contribution is -2.54. The summed E-state index contributed by atoms with van der Waals surface area (Å²) in [5.74, 6) is -0.862. The highest BCUT2D eigenvalue weighted by atomic mass is 16.5. The van der Waals surface area contributed by atoms with Gasteiger partial charge < -0.3 is 20.1 Å². The summed E-state index contributed by atoms with van der Waals surface area (Å²) in [6.45, 7) is 1.21. The minimum absolute atomic E-state index is 0.0578. The number of methoxy groups -OCH3 is 1. The van der Waals surface area contributed by atoms with Crippen LogP contribution in [0, 0.1) is 5.92 Å². The van der Waals surface area contributed by atoms with E-state index < -0.39 is 12.0 Å². The molecule has 6 nitrogen and oxygen atoms in total. The van der Waals surface area contributed by atoms with Crippen LogP contribution in [0.3, 0.4) is 0 Å². The normalized spacial score (nSPS) is 25.4. The molecule has 0 aromatic heterocycles. The highest BCUT2D eigenvalue weighted by molar-refractivity contribution is 5.82. The van der Waals surface area contributed by atoms with E-state index >= 15 is 0 Å². The van der Waals surface area contributed by atoms with Gasteiger partial charge in [-0.15, -0.1) is 0 Å². The second-order valence-corrected chi connectivity index (χ2v) is 6.11. The molecule has 2 N–H and O–H groups in total. The molecule has 2 amide bonds. The van der Waals surface area contributed by atoms with E-state index in [0.717, 1.165) is 38.5 Å². The summed E-state index contributed by atoms with van der Waals surface area (Å²) in [6, 6.07) is -1.03. The molecule has 1 aliphatic carbocycles. The summed E-state index contributed by atoms with van der Waals surface area (Å²) < 4.78 is 5.30. The van der Waals surface area contributed by atoms with Gasteiger partial charge in [0.1, 0.15) is 6.04 Å². The van der Waals surface area contributed by atoms with E-state index in [0.29, 0.717) is 13.1 Å². The van der Waals surface area contributed by atoms with Gasteiger partial charge in [-0.3, -0.25) is 0 Å². The molecule has 0 bridgehead atoms. The number of carboxylic acid groups (broad SMARTS) is 1. The first-order chi connectivity index (χ1) is 10.1. The molecule has 2 unspecified atom stereocenters. The number of carbonyl (C=O) groups is 2. The minimum Gasteiger partial charge on any atom is -0.480 e. The Labute approximate surface area is 125 Å². The second kappa shape index (κ2) is 7.64. The van der Waals surface area contributed by atoms with Crippen molar-refractivity contribution in [2.45, 2.75) is 57.1 Å². The van der Waals surface area contributed by atoms with Crippen LogP contribution in [-0.2, 0) is 9.53 Å². The molecule has 1 heterocycles. The maximum atomic E-state index is 12.3. The lowest BCUT2D eigenvalue weighted by atomic mass is 9.84. The standard InChI is InChI=1S/C15H26N2O4/c1-21-12-8-5-9-17(10-12)15(20)16-13(14(18)19)11-6-3-2-4-7-11/h11-13H,2-10H2,1H3,(H,16,20)(H,18,19). The maximum absolute atomic E-state index is 12.3. The monoisotopic (exact) mass is 298 g/mol. The summed E-state index contributed by atoms with van der Waals surface area (Å²) in [6.07, 6.45) is 6.95. The van der Waals surface area contributed by atoms with Crippen molar-refractivity contribution in [3.63, 3.8) is 0 Å². The van der Waals surface area contributed by atoms with Gasteiger partial charge in [0.25, 0.3) is 0 Å². The molecule has 1 saturated heterocycles. The Morgan fingerprint density at radius 3 is 2.52 bits per heavy atom. The molecule has 2 atom stereocenters. The number of nitrogens with one attached hydrogen (secondary N) is 1. The number of hydrogen-bond acceptors (Lipinski definition) is 3. The van der Waals surface area contributed by atoms with Crippen LogP contribution in [0.2, 0.25) is 0 Å². The number of piperidine rings is 1. The average molecular weight is 298 g/mol. The largest absolute Gasteiger partial charge is 0.480 e. The van der Waals surface area contributed by atoms with Crippen LogP contribution in [0.5, 0.6) is 0 Å². The molecule has 0 radical (unpaired) electrons. The topological polar surface area (TPSA) is 78.9 Å². The van der Waals surface area contributed by atoms with Crippen LogP contribution < -0.4 is 5.32 Å². The fourth-order valence-electron chi connectivity index (χ4n) is 3.39. The van der Waals surface area contributed by atoms with Crippen LogP contribution >= 0.6 is 0 Å². The third-order valence-electron chi connectivity index (χ3n) is 4.66. The number of nitrogens with zero attached hydrogens (tertiary/aromatic N) is 1. The van der Waals surface area contributed by atoms with Crippen molar-refractivity contribution in [2.24, 2.45) is 5.92 Å². The third-order valence-corrected chi connectivity index (χ3v) is 4.66. The summed E-state index contributed by atoms with van der Waals surface area (Å²) in [7, 11) is 1.65. The van der Waals surface area contributed by atoms with Gasteiger partial charge in [0.2, 0.25) is 0 Å². The quantitative estimate of drug-likeness (QED) is 0.830. The Hall–Kier alpha value is -1.30. The molecule has 0 aromatic rings. The Kier molecular flexibility index (Phi) is 5.85. The summed E-state index contributed by atoms with van der Waals surface area (Å²) in [5.41, 5.74) is 0. The van der Waals surface area contributed by atoms with Gasteiger partial charge in [0.15, 0.2) is 0 Å². The van der Waals surface area contributed by atoms with E-state index in [-0.39, 0.29) is 18.1 Å². The lowest BCUT2D eigenvalue weighted by Gasteiger charge is -2.34. The molecule has 2 fully saturated rings. The van der Waals surface area contributed by atoms with Crippen LogP contribution in [-0.4, -0.2) is 54.4 Å². The predicted octanol–water partition coefficient (Wildman–Crippen LogP) is 1.84. The Balaban J connectivity index is 1.92. The summed E-state index contributed by atoms with van der Waals surface area (Å²) in [5, 5.41) is 12.1. The Morgan fingerprint density at radius 2 is 1.90 bits per heavy atom. The zero-order valence-corrected chi connectivity index (χ0v) is 12.7. The molecule has 21 heavy (non-hydrogen) atoms. The number of aliphatic carboxylic acids is 1. The van der Waals surface area contributed by atoms with Gasteiger partial charge in [0.05, 0.1) is 6.10 Å². The van der Waals surface area contributed by atoms with Crippen molar-refractivity contribution >= 4 is 12.0 Å². The van der Waals surface area contributed by atoms with Crippen molar-refractivity contribution in [3.8, 4) is 0 Å². The predicted molar refractivity (Wildman–Crippen MR) is 78.1 cm³/mol. The molecule has 2 aliphatic rings. The van der Waals surface area contributed by atoms with Crippen LogP contribution in [0.25, 0.3) is 0 Å². The van der Waals surface area contributed by atoms with Crippen molar-refractivity contribution in [1.82, 2.24) is 10.2 Å². The Bertz CT molecular complexity index is 369. The van der Waals surface area contributed by atoms with Gasteiger partial charge >= 0.3 is 12.0 Å². The molecule has 0 aromatic carbocycles. The van der Waals surface area contributed by atoms with Crippen LogP contribution in [0.15, 0.2) is 0 Å². The lowest BCUT2D eigenvalue weighted by molar-refractivity contribution is -0.141. The van der Waals surface area contributed by atoms with E-state index in [1.807, 2.05) is 0 Å². The first-order valence-corrected chi connectivity index (χ1v) is 7.93. The zero-order valence-electron chi connectivity index (χ0n) is 12.7. The van der Waals surface area contributed by atoms with Gasteiger partial charge in [-0.05, 0) is 31.6 Å². The van der Waals surface area contributed by atoms with Crippen LogP contribution in [0.4, 0.5) is 4.79 Å². The van der Waals surface area contributed by atoms with Crippen molar-refractivity contribution in [2.75, 3.05) is 20.2 Å². The number of ether oxygens (including phenoxy) is 1. The molecule has 2 rings (SSSR count). The van der Waals surface area contributed by atoms with E-state index in [4.69, 9.17) is 4.74 Å². The van der Waals surface area contributed by atoms with Crippen molar-refractivity contribution in [1.29, 1.82) is 0 Å². The fraction of sp³-hybridized carbons (Fsp3) is 0.867. The van der Waals surface area contributed by atoms with Crippen molar-refractivity contribution in [3.05, 3.63) is 0 Å². The zero-order chi connectivity index (χ0) is 15.2. The van der Waals surface area contributed by atoms with Gasteiger partial charge in [-0.25, -0.2) is 9.59 Å². The molecule has 6 heteroatoms. The highest BCUT2D eigenvalue weighted by Crippen LogP contribution is 2.27. The van der Waals surface area contributed by atoms with E-state index in [1.165, 1.54) is 6.42 Å². The second-order valence-electron chi connectivity index (χ2n) is 6.11. The number of urea groups is 1. The third kappa shape index (κ3) is 4.33. The number of likely N-dealkylation sites (tertiary alicyclic amines) is 1. The van der Waals surface area contributed by atoms with Crippen molar-refractivity contribution < 1.29 is 19.4 Å². The minimum atomic E-state index is -0.921. The van der Waals surface area contributed by atoms with Gasteiger partial charge in [0, 0.05) is 20.2 Å². The van der Waals surface area contributed by atoms with E-state index in [9.17, 15) is 14.7 Å². The Morgan fingerprint density at radius 1 is 1.19 bits per heavy atom. The smallest absolute Gasteiger partial charge is 0.326 e. The molecule has 1 saturated carbocycles. The van der Waals surface area contributed by atoms with E-state index in [2.05, 4.69) is 5.32 Å². The number of amides is 2. The highest BCUT2D eigenvalue weighted by Gasteiger charge is 2.33. The first-order valence-electron chi connectivity index (χ1n) is 7.93. The van der Waals surface area contributed by atoms with Gasteiger partial charge in [-0.1, -0.05) is 19.3 Å². The number of hydrogen-bond donors (Lipinski definition) is 2. The molecular weight excluding hydrogens is 272 g/mol. The summed E-state index contributed by atoms with van der Waals surface area (Å²) in [4.78, 5) is 25.5. The van der Waals surface area contributed by atoms with E-state index in [1.54, 1.807) is 12.0 Å². The van der Waals surface area contributed by atoms with Gasteiger partial charge in [-0.2, -0.15) is 0 Å². The number of carbonyl (C=O) groups excluding carboxylic acids is 1. The molecule has 0 spiro atoms. The van der Waals surface area contributed by atoms with Crippen LogP contribution in [0.1, 0.15) is 44.9 Å². The molecule has 120 valence electrons. The summed E-state index contributed by atoms with van der Waals surface area (Å²) >= 11 is 0. The number of carboxylic acids is 1. The first kappa shape index (κ1) is 16.1. The fourth-order valence-corrected chi connectivity index (χ4v) is 3.39.